The number of rotatable bonds is 8. The second-order valence-electron chi connectivity index (χ2n) is 5.13. The SMILES string of the molecule is CCNC(C)CCc1nc(Cc2cccc(OC)c2)no1. The molecule has 114 valence electrons. The minimum Gasteiger partial charge on any atom is -0.497 e. The number of nitrogens with zero attached hydrogens (tertiary/aromatic N) is 2. The van der Waals surface area contributed by atoms with Crippen LogP contribution >= 0.6 is 0 Å². The number of aromatic nitrogens is 2. The molecular weight excluding hydrogens is 266 g/mol. The first-order valence-corrected chi connectivity index (χ1v) is 7.39. The Balaban J connectivity index is 1.90. The second kappa shape index (κ2) is 7.78. The topological polar surface area (TPSA) is 60.2 Å². The van der Waals surface area contributed by atoms with Gasteiger partial charge < -0.3 is 14.6 Å². The van der Waals surface area contributed by atoms with E-state index in [1.165, 1.54) is 0 Å². The van der Waals surface area contributed by atoms with Crippen LogP contribution in [0.15, 0.2) is 28.8 Å². The highest BCUT2D eigenvalue weighted by Crippen LogP contribution is 2.15. The molecule has 0 fully saturated rings. The molecule has 0 saturated carbocycles. The van der Waals surface area contributed by atoms with Gasteiger partial charge in [0.2, 0.25) is 5.89 Å². The lowest BCUT2D eigenvalue weighted by Crippen LogP contribution is -2.25. The van der Waals surface area contributed by atoms with Gasteiger partial charge in [-0.2, -0.15) is 4.98 Å². The van der Waals surface area contributed by atoms with Crippen LogP contribution in [0, 0.1) is 0 Å². The third kappa shape index (κ3) is 4.86. The quantitative estimate of drug-likeness (QED) is 0.809. The largest absolute Gasteiger partial charge is 0.497 e. The Hall–Kier alpha value is -1.88. The number of nitrogens with one attached hydrogen (secondary N) is 1. The maximum Gasteiger partial charge on any atom is 0.226 e. The molecule has 5 nitrogen and oxygen atoms in total. The molecule has 2 rings (SSSR count). The van der Waals surface area contributed by atoms with Crippen LogP contribution in [0.4, 0.5) is 0 Å². The van der Waals surface area contributed by atoms with E-state index in [0.29, 0.717) is 24.2 Å². The van der Waals surface area contributed by atoms with Crippen LogP contribution < -0.4 is 10.1 Å². The van der Waals surface area contributed by atoms with Gasteiger partial charge in [-0.15, -0.1) is 0 Å². The Morgan fingerprint density at radius 2 is 2.24 bits per heavy atom. The van der Waals surface area contributed by atoms with Crippen molar-refractivity contribution >= 4 is 0 Å². The van der Waals surface area contributed by atoms with Crippen molar-refractivity contribution in [3.63, 3.8) is 0 Å². The molecule has 1 aromatic heterocycles. The van der Waals surface area contributed by atoms with Crippen LogP contribution in [0.3, 0.4) is 0 Å². The highest BCUT2D eigenvalue weighted by atomic mass is 16.5. The summed E-state index contributed by atoms with van der Waals surface area (Å²) in [4.78, 5) is 4.45. The molecule has 1 N–H and O–H groups in total. The van der Waals surface area contributed by atoms with Crippen molar-refractivity contribution in [1.82, 2.24) is 15.5 Å². The number of ether oxygens (including phenoxy) is 1. The van der Waals surface area contributed by atoms with Gasteiger partial charge in [0.05, 0.1) is 7.11 Å². The van der Waals surface area contributed by atoms with Crippen molar-refractivity contribution in [2.24, 2.45) is 0 Å². The maximum atomic E-state index is 5.30. The average Bonchev–Trinajstić information content (AvgIpc) is 2.93. The fourth-order valence-corrected chi connectivity index (χ4v) is 2.22. The van der Waals surface area contributed by atoms with Gasteiger partial charge in [-0.1, -0.05) is 24.2 Å². The monoisotopic (exact) mass is 289 g/mol. The van der Waals surface area contributed by atoms with Gasteiger partial charge in [-0.25, -0.2) is 0 Å². The molecular formula is C16H23N3O2. The zero-order chi connectivity index (χ0) is 15.1. The van der Waals surface area contributed by atoms with Gasteiger partial charge >= 0.3 is 0 Å². The van der Waals surface area contributed by atoms with Crippen molar-refractivity contribution in [3.05, 3.63) is 41.5 Å². The molecule has 5 heteroatoms. The first kappa shape index (κ1) is 15.5. The summed E-state index contributed by atoms with van der Waals surface area (Å²) >= 11 is 0. The van der Waals surface area contributed by atoms with E-state index in [1.807, 2.05) is 24.3 Å². The molecule has 0 aliphatic rings. The number of methoxy groups -OCH3 is 1. The van der Waals surface area contributed by atoms with Crippen molar-refractivity contribution in [2.45, 2.75) is 39.2 Å². The molecule has 1 aromatic carbocycles. The number of aryl methyl sites for hydroxylation is 1. The standard InChI is InChI=1S/C16H23N3O2/c1-4-17-12(2)8-9-16-18-15(19-21-16)11-13-6-5-7-14(10-13)20-3/h5-7,10,12,17H,4,8-9,11H2,1-3H3. The molecule has 21 heavy (non-hydrogen) atoms. The van der Waals surface area contributed by atoms with Gasteiger partial charge in [0.25, 0.3) is 0 Å². The molecule has 1 atom stereocenters. The van der Waals surface area contributed by atoms with Crippen molar-refractivity contribution < 1.29 is 9.26 Å². The van der Waals surface area contributed by atoms with Crippen LogP contribution in [0.25, 0.3) is 0 Å². The van der Waals surface area contributed by atoms with Crippen molar-refractivity contribution in [2.75, 3.05) is 13.7 Å². The first-order valence-electron chi connectivity index (χ1n) is 7.39. The zero-order valence-electron chi connectivity index (χ0n) is 12.9. The second-order valence-corrected chi connectivity index (χ2v) is 5.13. The van der Waals surface area contributed by atoms with Crippen LogP contribution in [0.1, 0.15) is 37.5 Å². The van der Waals surface area contributed by atoms with Gasteiger partial charge in [0, 0.05) is 18.9 Å². The first-order chi connectivity index (χ1) is 10.2. The third-order valence-electron chi connectivity index (χ3n) is 3.35. The van der Waals surface area contributed by atoms with E-state index in [9.17, 15) is 0 Å². The smallest absolute Gasteiger partial charge is 0.226 e. The fourth-order valence-electron chi connectivity index (χ4n) is 2.22. The minimum absolute atomic E-state index is 0.462. The molecule has 0 spiro atoms. The highest BCUT2D eigenvalue weighted by Gasteiger charge is 2.09. The van der Waals surface area contributed by atoms with E-state index in [2.05, 4.69) is 29.3 Å². The fraction of sp³-hybridized carbons (Fsp3) is 0.500. The molecule has 0 aliphatic heterocycles. The summed E-state index contributed by atoms with van der Waals surface area (Å²) in [6.45, 7) is 5.25. The van der Waals surface area contributed by atoms with E-state index >= 15 is 0 Å². The lowest BCUT2D eigenvalue weighted by molar-refractivity contribution is 0.363. The predicted octanol–water partition coefficient (Wildman–Crippen LogP) is 2.60. The van der Waals surface area contributed by atoms with E-state index in [-0.39, 0.29) is 0 Å². The number of benzene rings is 1. The lowest BCUT2D eigenvalue weighted by atomic mass is 10.1. The van der Waals surface area contributed by atoms with Gasteiger partial charge in [0.15, 0.2) is 5.82 Å². The summed E-state index contributed by atoms with van der Waals surface area (Å²) in [5.74, 6) is 2.27. The van der Waals surface area contributed by atoms with Crippen LogP contribution in [-0.2, 0) is 12.8 Å². The Kier molecular flexibility index (Phi) is 5.75. The minimum atomic E-state index is 0.462. The predicted molar refractivity (Wildman–Crippen MR) is 81.6 cm³/mol. The normalized spacial score (nSPS) is 12.3. The summed E-state index contributed by atoms with van der Waals surface area (Å²) in [7, 11) is 1.66. The molecule has 0 radical (unpaired) electrons. The van der Waals surface area contributed by atoms with Gasteiger partial charge in [-0.05, 0) is 37.6 Å². The molecule has 0 aliphatic carbocycles. The molecule has 1 unspecified atom stereocenters. The Labute approximate surface area is 125 Å². The summed E-state index contributed by atoms with van der Waals surface area (Å²) in [5, 5.41) is 7.41. The van der Waals surface area contributed by atoms with E-state index < -0.39 is 0 Å². The Morgan fingerprint density at radius 3 is 3.00 bits per heavy atom. The summed E-state index contributed by atoms with van der Waals surface area (Å²) in [6, 6.07) is 8.37. The van der Waals surface area contributed by atoms with E-state index in [0.717, 1.165) is 30.7 Å². The summed E-state index contributed by atoms with van der Waals surface area (Å²) in [5.41, 5.74) is 1.11. The average molecular weight is 289 g/mol. The van der Waals surface area contributed by atoms with Crippen molar-refractivity contribution in [3.8, 4) is 5.75 Å². The van der Waals surface area contributed by atoms with Crippen LogP contribution in [-0.4, -0.2) is 29.8 Å². The van der Waals surface area contributed by atoms with Crippen LogP contribution in [0.2, 0.25) is 0 Å². The van der Waals surface area contributed by atoms with E-state index in [4.69, 9.17) is 9.26 Å². The van der Waals surface area contributed by atoms with Crippen molar-refractivity contribution in [1.29, 1.82) is 0 Å². The Morgan fingerprint density at radius 1 is 1.38 bits per heavy atom. The van der Waals surface area contributed by atoms with Crippen LogP contribution in [0.5, 0.6) is 5.75 Å². The van der Waals surface area contributed by atoms with Gasteiger partial charge in [-0.3, -0.25) is 0 Å². The number of hydrogen-bond acceptors (Lipinski definition) is 5. The lowest BCUT2D eigenvalue weighted by Gasteiger charge is -2.09. The summed E-state index contributed by atoms with van der Waals surface area (Å²) in [6.07, 6.45) is 2.46. The molecule has 0 amide bonds. The third-order valence-corrected chi connectivity index (χ3v) is 3.35. The highest BCUT2D eigenvalue weighted by molar-refractivity contribution is 5.30. The molecule has 0 bridgehead atoms. The van der Waals surface area contributed by atoms with Gasteiger partial charge in [0.1, 0.15) is 5.75 Å². The Bertz CT molecular complexity index is 554. The summed E-state index contributed by atoms with van der Waals surface area (Å²) < 4.78 is 10.5. The zero-order valence-corrected chi connectivity index (χ0v) is 12.9. The molecule has 2 aromatic rings. The number of hydrogen-bond donors (Lipinski definition) is 1. The van der Waals surface area contributed by atoms with E-state index in [1.54, 1.807) is 7.11 Å². The molecule has 1 heterocycles. The molecule has 0 saturated heterocycles. The maximum absolute atomic E-state index is 5.30.